The van der Waals surface area contributed by atoms with E-state index in [1.54, 1.807) is 25.1 Å². The molecule has 3 rings (SSSR count). The molecule has 4 nitrogen and oxygen atoms in total. The van der Waals surface area contributed by atoms with Crippen molar-refractivity contribution in [2.24, 2.45) is 0 Å². The van der Waals surface area contributed by atoms with Gasteiger partial charge in [0.25, 0.3) is 5.56 Å². The Morgan fingerprint density at radius 2 is 1.84 bits per heavy atom. The molecule has 126 valence electrons. The summed E-state index contributed by atoms with van der Waals surface area (Å²) in [5, 5.41) is 6.50. The number of methoxy groups -OCH3 is 1. The van der Waals surface area contributed by atoms with Gasteiger partial charge in [-0.2, -0.15) is 5.10 Å². The first-order valence-corrected chi connectivity index (χ1v) is 7.77. The quantitative estimate of drug-likeness (QED) is 0.781. The Hall–Kier alpha value is -3.21. The first kappa shape index (κ1) is 16.6. The van der Waals surface area contributed by atoms with Crippen molar-refractivity contribution >= 4 is 12.2 Å². The Bertz CT molecular complexity index is 979. The predicted octanol–water partition coefficient (Wildman–Crippen LogP) is 4.06. The second-order valence-electron chi connectivity index (χ2n) is 5.49. The first-order valence-electron chi connectivity index (χ1n) is 7.77. The Kier molecular flexibility index (Phi) is 4.75. The minimum atomic E-state index is -0.488. The van der Waals surface area contributed by atoms with Gasteiger partial charge in [-0.15, -0.1) is 0 Å². The fourth-order valence-corrected chi connectivity index (χ4v) is 2.72. The normalized spacial score (nSPS) is 11.0. The zero-order chi connectivity index (χ0) is 17.8. The van der Waals surface area contributed by atoms with E-state index < -0.39 is 5.82 Å². The highest BCUT2D eigenvalue weighted by Gasteiger charge is 2.18. The zero-order valence-electron chi connectivity index (χ0n) is 13.9. The fraction of sp³-hybridized carbons (Fsp3) is 0.100. The van der Waals surface area contributed by atoms with Crippen molar-refractivity contribution < 1.29 is 9.13 Å². The molecule has 5 heteroatoms. The van der Waals surface area contributed by atoms with Gasteiger partial charge in [0, 0.05) is 11.1 Å². The van der Waals surface area contributed by atoms with Gasteiger partial charge >= 0.3 is 0 Å². The van der Waals surface area contributed by atoms with Gasteiger partial charge in [0.15, 0.2) is 11.6 Å². The third-order valence-corrected chi connectivity index (χ3v) is 3.88. The Morgan fingerprint density at radius 1 is 1.08 bits per heavy atom. The molecule has 3 aromatic rings. The van der Waals surface area contributed by atoms with Crippen molar-refractivity contribution in [3.8, 4) is 16.9 Å². The molecule has 25 heavy (non-hydrogen) atoms. The average molecular weight is 336 g/mol. The summed E-state index contributed by atoms with van der Waals surface area (Å²) in [5.41, 5.74) is 2.63. The molecule has 0 aliphatic carbocycles. The van der Waals surface area contributed by atoms with Crippen molar-refractivity contribution in [1.82, 2.24) is 10.2 Å². The summed E-state index contributed by atoms with van der Waals surface area (Å²) in [5.74, 6) is -0.398. The molecule has 0 spiro atoms. The summed E-state index contributed by atoms with van der Waals surface area (Å²) in [6.07, 6.45) is 3.54. The number of nitrogens with zero attached hydrogens (tertiary/aromatic N) is 1. The van der Waals surface area contributed by atoms with Crippen LogP contribution in [0.15, 0.2) is 53.3 Å². The number of aryl methyl sites for hydroxylation is 1. The van der Waals surface area contributed by atoms with Gasteiger partial charge in [-0.3, -0.25) is 4.79 Å². The number of rotatable bonds is 4. The number of hydrogen-bond acceptors (Lipinski definition) is 3. The van der Waals surface area contributed by atoms with Gasteiger partial charge in [-0.05, 0) is 24.6 Å². The standard InChI is InChI=1S/C20H17FN2O2/c1-13-18(15-9-6-10-17(21)19(15)25-2)16(20(24)23-22-13)12-11-14-7-4-3-5-8-14/h3-12H,1-2H3,(H,23,24)/b12-11+. The average Bonchev–Trinajstić information content (AvgIpc) is 2.63. The van der Waals surface area contributed by atoms with Crippen LogP contribution in [0.4, 0.5) is 4.39 Å². The fourth-order valence-electron chi connectivity index (χ4n) is 2.72. The van der Waals surface area contributed by atoms with Crippen molar-refractivity contribution in [2.45, 2.75) is 6.92 Å². The third kappa shape index (κ3) is 3.35. The highest BCUT2D eigenvalue weighted by atomic mass is 19.1. The van der Waals surface area contributed by atoms with E-state index >= 15 is 0 Å². The molecule has 2 aromatic carbocycles. The summed E-state index contributed by atoms with van der Waals surface area (Å²) in [6, 6.07) is 14.2. The van der Waals surface area contributed by atoms with Crippen molar-refractivity contribution in [3.63, 3.8) is 0 Å². The third-order valence-electron chi connectivity index (χ3n) is 3.88. The molecule has 0 amide bonds. The molecule has 1 heterocycles. The number of para-hydroxylation sites is 1. The highest BCUT2D eigenvalue weighted by Crippen LogP contribution is 2.35. The van der Waals surface area contributed by atoms with Crippen LogP contribution in [0.1, 0.15) is 16.8 Å². The molecule has 0 atom stereocenters. The number of benzene rings is 2. The number of hydrogen-bond donors (Lipinski definition) is 1. The van der Waals surface area contributed by atoms with Gasteiger partial charge in [0.05, 0.1) is 18.4 Å². The van der Waals surface area contributed by atoms with Crippen molar-refractivity contribution in [1.29, 1.82) is 0 Å². The SMILES string of the molecule is COc1c(F)cccc1-c1c(C)n[nH]c(=O)c1/C=C/c1ccccc1. The number of aromatic amines is 1. The Balaban J connectivity index is 2.22. The Labute approximate surface area is 144 Å². The summed E-state index contributed by atoms with van der Waals surface area (Å²) in [4.78, 5) is 12.4. The van der Waals surface area contributed by atoms with Gasteiger partial charge < -0.3 is 4.74 Å². The molecular weight excluding hydrogens is 319 g/mol. The maximum Gasteiger partial charge on any atom is 0.272 e. The van der Waals surface area contributed by atoms with Gasteiger partial charge in [-0.25, -0.2) is 9.49 Å². The van der Waals surface area contributed by atoms with E-state index in [2.05, 4.69) is 10.2 Å². The molecule has 0 saturated carbocycles. The minimum Gasteiger partial charge on any atom is -0.493 e. The zero-order valence-corrected chi connectivity index (χ0v) is 13.9. The molecule has 1 aromatic heterocycles. The molecule has 0 fully saturated rings. The monoisotopic (exact) mass is 336 g/mol. The van der Waals surface area contributed by atoms with Crippen molar-refractivity contribution in [2.75, 3.05) is 7.11 Å². The minimum absolute atomic E-state index is 0.0901. The number of aromatic nitrogens is 2. The lowest BCUT2D eigenvalue weighted by atomic mass is 9.97. The van der Waals surface area contributed by atoms with Gasteiger partial charge in [-0.1, -0.05) is 48.5 Å². The molecular formula is C20H17FN2O2. The number of ether oxygens (including phenoxy) is 1. The van der Waals surface area contributed by atoms with E-state index in [0.29, 0.717) is 22.4 Å². The van der Waals surface area contributed by atoms with Crippen LogP contribution >= 0.6 is 0 Å². The smallest absolute Gasteiger partial charge is 0.272 e. The lowest BCUT2D eigenvalue weighted by molar-refractivity contribution is 0.388. The van der Waals surface area contributed by atoms with Crippen LogP contribution < -0.4 is 10.3 Å². The van der Waals surface area contributed by atoms with Crippen LogP contribution in [0.3, 0.4) is 0 Å². The summed E-state index contributed by atoms with van der Waals surface area (Å²) < 4.78 is 19.3. The largest absolute Gasteiger partial charge is 0.493 e. The second-order valence-corrected chi connectivity index (χ2v) is 5.49. The Morgan fingerprint density at radius 3 is 2.56 bits per heavy atom. The predicted molar refractivity (Wildman–Crippen MR) is 96.9 cm³/mol. The lowest BCUT2D eigenvalue weighted by Gasteiger charge is -2.13. The molecule has 0 bridgehead atoms. The van der Waals surface area contributed by atoms with Crippen LogP contribution in [0.2, 0.25) is 0 Å². The van der Waals surface area contributed by atoms with Crippen LogP contribution in [0, 0.1) is 12.7 Å². The number of halogens is 1. The van der Waals surface area contributed by atoms with E-state index in [9.17, 15) is 9.18 Å². The first-order chi connectivity index (χ1) is 12.1. The van der Waals surface area contributed by atoms with Crippen LogP contribution in [0.5, 0.6) is 5.75 Å². The van der Waals surface area contributed by atoms with E-state index in [4.69, 9.17) is 4.74 Å². The molecule has 1 N–H and O–H groups in total. The van der Waals surface area contributed by atoms with E-state index in [1.807, 2.05) is 36.4 Å². The molecule has 0 unspecified atom stereocenters. The topological polar surface area (TPSA) is 55.0 Å². The second kappa shape index (κ2) is 7.13. The summed E-state index contributed by atoms with van der Waals surface area (Å²) in [7, 11) is 1.40. The van der Waals surface area contributed by atoms with E-state index in [1.165, 1.54) is 13.2 Å². The lowest BCUT2D eigenvalue weighted by Crippen LogP contribution is -2.15. The summed E-state index contributed by atoms with van der Waals surface area (Å²) in [6.45, 7) is 1.76. The number of H-pyrrole nitrogens is 1. The van der Waals surface area contributed by atoms with Crippen LogP contribution in [-0.4, -0.2) is 17.3 Å². The maximum atomic E-state index is 14.1. The highest BCUT2D eigenvalue weighted by molar-refractivity contribution is 5.84. The van der Waals surface area contributed by atoms with Crippen LogP contribution in [0.25, 0.3) is 23.3 Å². The van der Waals surface area contributed by atoms with E-state index in [-0.39, 0.29) is 11.3 Å². The van der Waals surface area contributed by atoms with Crippen molar-refractivity contribution in [3.05, 3.63) is 81.5 Å². The van der Waals surface area contributed by atoms with E-state index in [0.717, 1.165) is 5.56 Å². The molecule has 0 aliphatic heterocycles. The molecule has 0 aliphatic rings. The maximum absolute atomic E-state index is 14.1. The summed E-state index contributed by atoms with van der Waals surface area (Å²) >= 11 is 0. The van der Waals surface area contributed by atoms with Gasteiger partial charge in [0.1, 0.15) is 0 Å². The van der Waals surface area contributed by atoms with Gasteiger partial charge in [0.2, 0.25) is 0 Å². The molecule has 0 saturated heterocycles. The number of nitrogens with one attached hydrogen (secondary N) is 1. The molecule has 0 radical (unpaired) electrons. The van der Waals surface area contributed by atoms with Crippen LogP contribution in [-0.2, 0) is 0 Å².